The fraction of sp³-hybridized carbons (Fsp3) is 0.458. The predicted molar refractivity (Wildman–Crippen MR) is 120 cm³/mol. The van der Waals surface area contributed by atoms with E-state index in [1.165, 1.54) is 35.7 Å². The molecule has 0 aromatic heterocycles. The Morgan fingerprint density at radius 1 is 1.07 bits per heavy atom. The van der Waals surface area contributed by atoms with Crippen LogP contribution in [0.3, 0.4) is 0 Å². The lowest BCUT2D eigenvalue weighted by Crippen LogP contribution is -2.33. The number of hydrogen-bond acceptors (Lipinski definition) is 5. The quantitative estimate of drug-likeness (QED) is 0.676. The van der Waals surface area contributed by atoms with Gasteiger partial charge in [0.25, 0.3) is 0 Å². The summed E-state index contributed by atoms with van der Waals surface area (Å²) in [6.45, 7) is 7.34. The number of carbonyl (C=O) groups excluding carboxylic acids is 1. The molecule has 2 aliphatic rings. The number of thioether (sulfide) groups is 1. The van der Waals surface area contributed by atoms with Crippen molar-refractivity contribution in [1.82, 2.24) is 10.2 Å². The smallest absolute Gasteiger partial charge is 0.230 e. The summed E-state index contributed by atoms with van der Waals surface area (Å²) in [7, 11) is 0. The normalized spacial score (nSPS) is 17.0. The van der Waals surface area contributed by atoms with Crippen molar-refractivity contribution in [3.8, 4) is 11.5 Å². The van der Waals surface area contributed by atoms with Crippen molar-refractivity contribution in [3.05, 3.63) is 53.6 Å². The Balaban J connectivity index is 1.27. The van der Waals surface area contributed by atoms with E-state index < -0.39 is 0 Å². The highest BCUT2D eigenvalue weighted by Crippen LogP contribution is 2.34. The summed E-state index contributed by atoms with van der Waals surface area (Å²) in [5.41, 5.74) is 2.51. The van der Waals surface area contributed by atoms with Crippen molar-refractivity contribution in [2.75, 3.05) is 32.1 Å². The minimum atomic E-state index is 0.0384. The second-order valence-electron chi connectivity index (χ2n) is 8.10. The maximum atomic E-state index is 12.4. The van der Waals surface area contributed by atoms with Crippen molar-refractivity contribution in [2.24, 2.45) is 5.92 Å². The minimum absolute atomic E-state index is 0.0384. The van der Waals surface area contributed by atoms with Gasteiger partial charge < -0.3 is 14.8 Å². The lowest BCUT2D eigenvalue weighted by atomic mass is 9.98. The first-order chi connectivity index (χ1) is 14.7. The van der Waals surface area contributed by atoms with Gasteiger partial charge in [-0.25, -0.2) is 0 Å². The third kappa shape index (κ3) is 5.70. The third-order valence-electron chi connectivity index (χ3n) is 5.75. The van der Waals surface area contributed by atoms with E-state index in [0.29, 0.717) is 25.5 Å². The summed E-state index contributed by atoms with van der Waals surface area (Å²) < 4.78 is 11.2. The fourth-order valence-corrected chi connectivity index (χ4v) is 4.61. The minimum Gasteiger partial charge on any atom is -0.486 e. The molecule has 6 heteroatoms. The number of rotatable bonds is 7. The largest absolute Gasteiger partial charge is 0.486 e. The van der Waals surface area contributed by atoms with E-state index in [2.05, 4.69) is 35.3 Å². The first kappa shape index (κ1) is 21.1. The van der Waals surface area contributed by atoms with Gasteiger partial charge in [0.05, 0.1) is 5.75 Å². The number of fused-ring (bicyclic) bond motifs is 1. The second kappa shape index (κ2) is 10.2. The number of benzene rings is 2. The fourth-order valence-electron chi connectivity index (χ4n) is 3.85. The zero-order valence-corrected chi connectivity index (χ0v) is 18.4. The Labute approximate surface area is 183 Å². The molecule has 2 aliphatic heterocycles. The highest BCUT2D eigenvalue weighted by molar-refractivity contribution is 8.00. The molecule has 0 radical (unpaired) electrons. The lowest BCUT2D eigenvalue weighted by molar-refractivity contribution is -0.118. The topological polar surface area (TPSA) is 50.8 Å². The number of piperidine rings is 1. The van der Waals surface area contributed by atoms with Gasteiger partial charge in [-0.2, -0.15) is 0 Å². The van der Waals surface area contributed by atoms with Crippen LogP contribution in [0.4, 0.5) is 0 Å². The number of hydrogen-bond donors (Lipinski definition) is 1. The summed E-state index contributed by atoms with van der Waals surface area (Å²) in [5, 5.41) is 3.08. The molecule has 2 heterocycles. The molecular formula is C24H30N2O3S. The molecule has 160 valence electrons. The molecule has 1 amide bonds. The average molecular weight is 427 g/mol. The molecule has 0 spiro atoms. The van der Waals surface area contributed by atoms with Crippen LogP contribution in [0.25, 0.3) is 0 Å². The van der Waals surface area contributed by atoms with E-state index in [9.17, 15) is 4.79 Å². The molecule has 0 atom stereocenters. The maximum Gasteiger partial charge on any atom is 0.230 e. The molecule has 0 saturated carbocycles. The van der Waals surface area contributed by atoms with Gasteiger partial charge in [0.15, 0.2) is 11.5 Å². The van der Waals surface area contributed by atoms with Crippen molar-refractivity contribution in [1.29, 1.82) is 0 Å². The van der Waals surface area contributed by atoms with Gasteiger partial charge in [-0.3, -0.25) is 9.69 Å². The Bertz CT molecular complexity index is 865. The first-order valence-corrected chi connectivity index (χ1v) is 11.7. The molecule has 0 unspecified atom stereocenters. The first-order valence-electron chi connectivity index (χ1n) is 10.8. The number of nitrogens with one attached hydrogen (secondary N) is 1. The molecule has 30 heavy (non-hydrogen) atoms. The molecule has 0 bridgehead atoms. The van der Waals surface area contributed by atoms with Crippen LogP contribution >= 0.6 is 11.8 Å². The summed E-state index contributed by atoms with van der Waals surface area (Å²) >= 11 is 1.51. The zero-order chi connectivity index (χ0) is 20.8. The standard InChI is InChI=1S/C24H30N2O3S/c1-18-8-10-26(11-9-18)16-20-5-3-2-4-19(20)15-25-24(27)17-30-21-6-7-22-23(14-21)29-13-12-28-22/h2-7,14,18H,8-13,15-17H2,1H3,(H,25,27). The molecule has 0 aliphatic carbocycles. The van der Waals surface area contributed by atoms with Crippen LogP contribution < -0.4 is 14.8 Å². The van der Waals surface area contributed by atoms with Crippen LogP contribution in [0.2, 0.25) is 0 Å². The van der Waals surface area contributed by atoms with E-state index in [0.717, 1.165) is 41.9 Å². The third-order valence-corrected chi connectivity index (χ3v) is 6.74. The molecule has 1 saturated heterocycles. The van der Waals surface area contributed by atoms with Gasteiger partial charge in [-0.15, -0.1) is 11.8 Å². The predicted octanol–water partition coefficient (Wildman–Crippen LogP) is 4.10. The van der Waals surface area contributed by atoms with Gasteiger partial charge in [-0.05, 0) is 61.2 Å². The molecule has 4 rings (SSSR count). The summed E-state index contributed by atoms with van der Waals surface area (Å²) in [6.07, 6.45) is 2.55. The van der Waals surface area contributed by atoms with E-state index in [-0.39, 0.29) is 5.91 Å². The number of carbonyl (C=O) groups is 1. The van der Waals surface area contributed by atoms with Crippen molar-refractivity contribution >= 4 is 17.7 Å². The van der Waals surface area contributed by atoms with Crippen molar-refractivity contribution < 1.29 is 14.3 Å². The SMILES string of the molecule is CC1CCN(Cc2ccccc2CNC(=O)CSc2ccc3c(c2)OCCO3)CC1. The van der Waals surface area contributed by atoms with Gasteiger partial charge in [0, 0.05) is 18.0 Å². The van der Waals surface area contributed by atoms with Gasteiger partial charge in [0.2, 0.25) is 5.91 Å². The molecule has 2 aromatic carbocycles. The number of amides is 1. The lowest BCUT2D eigenvalue weighted by Gasteiger charge is -2.30. The zero-order valence-electron chi connectivity index (χ0n) is 17.6. The number of nitrogens with zero attached hydrogens (tertiary/aromatic N) is 1. The molecule has 5 nitrogen and oxygen atoms in total. The molecule has 1 N–H and O–H groups in total. The molecular weight excluding hydrogens is 396 g/mol. The summed E-state index contributed by atoms with van der Waals surface area (Å²) in [5.74, 6) is 2.78. The van der Waals surface area contributed by atoms with E-state index in [1.54, 1.807) is 0 Å². The van der Waals surface area contributed by atoms with Crippen molar-refractivity contribution in [3.63, 3.8) is 0 Å². The van der Waals surface area contributed by atoms with Gasteiger partial charge in [0.1, 0.15) is 13.2 Å². The summed E-state index contributed by atoms with van der Waals surface area (Å²) in [6, 6.07) is 14.3. The molecule has 1 fully saturated rings. The number of likely N-dealkylation sites (tertiary alicyclic amines) is 1. The van der Waals surface area contributed by atoms with Crippen molar-refractivity contribution in [2.45, 2.75) is 37.8 Å². The van der Waals surface area contributed by atoms with Crippen LogP contribution in [0.1, 0.15) is 30.9 Å². The van der Waals surface area contributed by atoms with Crippen LogP contribution in [-0.4, -0.2) is 42.9 Å². The Kier molecular flexibility index (Phi) is 7.18. The average Bonchev–Trinajstić information content (AvgIpc) is 2.78. The van der Waals surface area contributed by atoms with Crippen LogP contribution in [-0.2, 0) is 17.9 Å². The highest BCUT2D eigenvalue weighted by atomic mass is 32.2. The van der Waals surface area contributed by atoms with E-state index in [1.807, 2.05) is 24.3 Å². The maximum absolute atomic E-state index is 12.4. The Morgan fingerprint density at radius 3 is 2.60 bits per heavy atom. The monoisotopic (exact) mass is 426 g/mol. The Morgan fingerprint density at radius 2 is 1.80 bits per heavy atom. The van der Waals surface area contributed by atoms with Crippen LogP contribution in [0.5, 0.6) is 11.5 Å². The van der Waals surface area contributed by atoms with Crippen LogP contribution in [0.15, 0.2) is 47.4 Å². The van der Waals surface area contributed by atoms with E-state index >= 15 is 0 Å². The second-order valence-corrected chi connectivity index (χ2v) is 9.15. The Hall–Kier alpha value is -2.18. The highest BCUT2D eigenvalue weighted by Gasteiger charge is 2.17. The summed E-state index contributed by atoms with van der Waals surface area (Å²) in [4.78, 5) is 16.0. The van der Waals surface area contributed by atoms with E-state index in [4.69, 9.17) is 9.47 Å². The van der Waals surface area contributed by atoms with Gasteiger partial charge >= 0.3 is 0 Å². The molecule has 2 aromatic rings. The number of ether oxygens (including phenoxy) is 2. The van der Waals surface area contributed by atoms with Crippen LogP contribution in [0, 0.1) is 5.92 Å². The van der Waals surface area contributed by atoms with Gasteiger partial charge in [-0.1, -0.05) is 31.2 Å².